The molecule has 126 valence electrons. The minimum absolute atomic E-state index is 0.129. The zero-order chi connectivity index (χ0) is 16.8. The van der Waals surface area contributed by atoms with Crippen molar-refractivity contribution < 1.29 is 10.2 Å². The van der Waals surface area contributed by atoms with Crippen LogP contribution in [0.2, 0.25) is 5.02 Å². The van der Waals surface area contributed by atoms with E-state index < -0.39 is 0 Å². The largest absolute Gasteiger partial charge is 0.504 e. The van der Waals surface area contributed by atoms with Gasteiger partial charge in [0.15, 0.2) is 11.5 Å². The molecule has 1 atom stereocenters. The van der Waals surface area contributed by atoms with Crippen molar-refractivity contribution in [3.63, 3.8) is 0 Å². The second-order valence-electron chi connectivity index (χ2n) is 7.03. The summed E-state index contributed by atoms with van der Waals surface area (Å²) in [6.07, 6.45) is 5.20. The van der Waals surface area contributed by atoms with Gasteiger partial charge in [-0.15, -0.1) is 0 Å². The predicted molar refractivity (Wildman–Crippen MR) is 96.0 cm³/mol. The summed E-state index contributed by atoms with van der Waals surface area (Å²) in [5.74, 6) is -0.329. The van der Waals surface area contributed by atoms with Crippen LogP contribution in [-0.4, -0.2) is 28.7 Å². The SMILES string of the molecule is CN1CCc2c(cc(O)c(O)c2Cl)CC1c1ccc2c(c1)CCC2. The van der Waals surface area contributed by atoms with E-state index in [0.29, 0.717) is 5.02 Å². The van der Waals surface area contributed by atoms with Gasteiger partial charge in [0.25, 0.3) is 0 Å². The number of hydrogen-bond acceptors (Lipinski definition) is 3. The first-order valence-electron chi connectivity index (χ1n) is 8.58. The van der Waals surface area contributed by atoms with Crippen LogP contribution in [-0.2, 0) is 25.7 Å². The standard InChI is InChI=1S/C20H22ClNO2/c1-22-8-7-16-15(11-18(23)20(24)19(16)21)10-17(22)14-6-5-12-3-2-4-13(12)9-14/h5-6,9,11,17,23-24H,2-4,7-8,10H2,1H3. The molecule has 24 heavy (non-hydrogen) atoms. The molecule has 4 heteroatoms. The first kappa shape index (κ1) is 15.8. The van der Waals surface area contributed by atoms with E-state index >= 15 is 0 Å². The highest BCUT2D eigenvalue weighted by molar-refractivity contribution is 6.33. The Morgan fingerprint density at radius 3 is 2.67 bits per heavy atom. The van der Waals surface area contributed by atoms with Crippen LogP contribution in [0.3, 0.4) is 0 Å². The average Bonchev–Trinajstić information content (AvgIpc) is 2.97. The van der Waals surface area contributed by atoms with Gasteiger partial charge in [0.2, 0.25) is 0 Å². The average molecular weight is 344 g/mol. The molecule has 0 fully saturated rings. The number of rotatable bonds is 1. The molecule has 2 aliphatic rings. The van der Waals surface area contributed by atoms with Crippen LogP contribution in [0.5, 0.6) is 11.5 Å². The maximum absolute atomic E-state index is 9.95. The number of benzene rings is 2. The fraction of sp³-hybridized carbons (Fsp3) is 0.400. The Morgan fingerprint density at radius 2 is 1.83 bits per heavy atom. The Balaban J connectivity index is 1.74. The van der Waals surface area contributed by atoms with Gasteiger partial charge in [-0.25, -0.2) is 0 Å². The van der Waals surface area contributed by atoms with E-state index in [9.17, 15) is 10.2 Å². The summed E-state index contributed by atoms with van der Waals surface area (Å²) in [6, 6.07) is 8.82. The van der Waals surface area contributed by atoms with Crippen molar-refractivity contribution >= 4 is 11.6 Å². The summed E-state index contributed by atoms with van der Waals surface area (Å²) in [5, 5.41) is 20.2. The Kier molecular flexibility index (Phi) is 3.93. The summed E-state index contributed by atoms with van der Waals surface area (Å²) >= 11 is 6.28. The molecule has 0 bridgehead atoms. The number of likely N-dealkylation sites (N-methyl/N-ethyl adjacent to an activating group) is 1. The van der Waals surface area contributed by atoms with Gasteiger partial charge in [0, 0.05) is 12.6 Å². The van der Waals surface area contributed by atoms with Crippen LogP contribution >= 0.6 is 11.6 Å². The van der Waals surface area contributed by atoms with E-state index in [1.807, 2.05) is 0 Å². The highest BCUT2D eigenvalue weighted by Crippen LogP contribution is 2.42. The Hall–Kier alpha value is -1.71. The summed E-state index contributed by atoms with van der Waals surface area (Å²) in [7, 11) is 2.14. The van der Waals surface area contributed by atoms with Crippen molar-refractivity contribution in [3.8, 4) is 11.5 Å². The molecule has 2 aromatic rings. The van der Waals surface area contributed by atoms with Gasteiger partial charge in [-0.05, 0) is 73.0 Å². The highest BCUT2D eigenvalue weighted by atomic mass is 35.5. The fourth-order valence-corrected chi connectivity index (χ4v) is 4.46. The van der Waals surface area contributed by atoms with Crippen LogP contribution < -0.4 is 0 Å². The van der Waals surface area contributed by atoms with Gasteiger partial charge in [-0.1, -0.05) is 29.8 Å². The van der Waals surface area contributed by atoms with E-state index in [1.165, 1.54) is 36.0 Å². The number of phenolic OH excluding ortho intramolecular Hbond substituents is 2. The molecular formula is C20H22ClNO2. The first-order chi connectivity index (χ1) is 11.5. The second-order valence-corrected chi connectivity index (χ2v) is 7.41. The summed E-state index contributed by atoms with van der Waals surface area (Å²) in [4.78, 5) is 2.35. The summed E-state index contributed by atoms with van der Waals surface area (Å²) in [6.45, 7) is 0.874. The van der Waals surface area contributed by atoms with Gasteiger partial charge >= 0.3 is 0 Å². The van der Waals surface area contributed by atoms with E-state index in [2.05, 4.69) is 30.1 Å². The van der Waals surface area contributed by atoms with E-state index in [4.69, 9.17) is 11.6 Å². The lowest BCUT2D eigenvalue weighted by Gasteiger charge is -2.27. The topological polar surface area (TPSA) is 43.7 Å². The van der Waals surface area contributed by atoms with Crippen molar-refractivity contribution in [2.75, 3.05) is 13.6 Å². The number of nitrogens with zero attached hydrogens (tertiary/aromatic N) is 1. The van der Waals surface area contributed by atoms with Gasteiger partial charge in [-0.2, -0.15) is 0 Å². The minimum Gasteiger partial charge on any atom is -0.504 e. The van der Waals surface area contributed by atoms with Crippen molar-refractivity contribution in [2.45, 2.75) is 38.1 Å². The minimum atomic E-state index is -0.200. The van der Waals surface area contributed by atoms with Crippen LogP contribution in [0.1, 0.15) is 40.3 Å². The van der Waals surface area contributed by atoms with Crippen LogP contribution in [0.15, 0.2) is 24.3 Å². The molecule has 3 nitrogen and oxygen atoms in total. The molecule has 0 saturated carbocycles. The van der Waals surface area contributed by atoms with Crippen LogP contribution in [0.25, 0.3) is 0 Å². The van der Waals surface area contributed by atoms with Crippen molar-refractivity contribution in [1.82, 2.24) is 4.90 Å². The van der Waals surface area contributed by atoms with Gasteiger partial charge in [0.1, 0.15) is 0 Å². The number of hydrogen-bond donors (Lipinski definition) is 2. The lowest BCUT2D eigenvalue weighted by molar-refractivity contribution is 0.254. The molecule has 1 aliphatic heterocycles. The van der Waals surface area contributed by atoms with E-state index in [0.717, 1.165) is 30.5 Å². The van der Waals surface area contributed by atoms with Crippen molar-refractivity contribution in [1.29, 1.82) is 0 Å². The molecule has 0 spiro atoms. The maximum atomic E-state index is 9.95. The summed E-state index contributed by atoms with van der Waals surface area (Å²) < 4.78 is 0. The molecule has 2 N–H and O–H groups in total. The molecule has 0 amide bonds. The lowest BCUT2D eigenvalue weighted by Crippen LogP contribution is -2.26. The maximum Gasteiger partial charge on any atom is 0.176 e. The third-order valence-electron chi connectivity index (χ3n) is 5.58. The first-order valence-corrected chi connectivity index (χ1v) is 8.96. The number of phenols is 2. The lowest BCUT2D eigenvalue weighted by atomic mass is 9.94. The molecule has 1 heterocycles. The molecule has 4 rings (SSSR count). The number of aromatic hydroxyl groups is 2. The number of fused-ring (bicyclic) bond motifs is 2. The van der Waals surface area contributed by atoms with Gasteiger partial charge < -0.3 is 10.2 Å². The summed E-state index contributed by atoms with van der Waals surface area (Å²) in [5.41, 5.74) is 6.29. The second kappa shape index (κ2) is 5.98. The fourth-order valence-electron chi connectivity index (χ4n) is 4.15. The Morgan fingerprint density at radius 1 is 1.04 bits per heavy atom. The van der Waals surface area contributed by atoms with Crippen molar-refractivity contribution in [2.24, 2.45) is 0 Å². The molecule has 1 aliphatic carbocycles. The Labute approximate surface area is 147 Å². The molecular weight excluding hydrogens is 322 g/mol. The zero-order valence-electron chi connectivity index (χ0n) is 13.8. The number of halogens is 1. The van der Waals surface area contributed by atoms with Gasteiger partial charge in [-0.3, -0.25) is 4.90 Å². The van der Waals surface area contributed by atoms with Crippen LogP contribution in [0, 0.1) is 0 Å². The van der Waals surface area contributed by atoms with Crippen LogP contribution in [0.4, 0.5) is 0 Å². The Bertz CT molecular complexity index is 803. The third-order valence-corrected chi connectivity index (χ3v) is 5.99. The van der Waals surface area contributed by atoms with Gasteiger partial charge in [0.05, 0.1) is 5.02 Å². The van der Waals surface area contributed by atoms with E-state index in [-0.39, 0.29) is 17.5 Å². The molecule has 0 saturated heterocycles. The molecule has 1 unspecified atom stereocenters. The quantitative estimate of drug-likeness (QED) is 0.769. The zero-order valence-corrected chi connectivity index (χ0v) is 14.6. The smallest absolute Gasteiger partial charge is 0.176 e. The molecule has 2 aromatic carbocycles. The number of aryl methyl sites for hydroxylation is 2. The molecule has 0 radical (unpaired) electrons. The highest BCUT2D eigenvalue weighted by Gasteiger charge is 2.27. The van der Waals surface area contributed by atoms with E-state index in [1.54, 1.807) is 6.07 Å². The third kappa shape index (κ3) is 2.56. The monoisotopic (exact) mass is 343 g/mol. The molecule has 0 aromatic heterocycles. The predicted octanol–water partition coefficient (Wildman–Crippen LogP) is 4.01. The normalized spacial score (nSPS) is 20.5. The van der Waals surface area contributed by atoms with Crippen molar-refractivity contribution in [3.05, 3.63) is 57.1 Å².